The molecule has 0 unspecified atom stereocenters. The number of benzene rings is 1. The van der Waals surface area contributed by atoms with E-state index in [9.17, 15) is 4.79 Å². The van der Waals surface area contributed by atoms with E-state index in [0.29, 0.717) is 17.2 Å². The largest absolute Gasteiger partial charge is 0.454 e. The summed E-state index contributed by atoms with van der Waals surface area (Å²) in [5.74, 6) is 1.38. The molecule has 2 N–H and O–H groups in total. The summed E-state index contributed by atoms with van der Waals surface area (Å²) in [6, 6.07) is 9.44. The van der Waals surface area contributed by atoms with Gasteiger partial charge in [-0.05, 0) is 37.1 Å². The molecule has 2 amide bonds. The molecule has 2 aromatic rings. The summed E-state index contributed by atoms with van der Waals surface area (Å²) in [6.45, 7) is 0.994. The Morgan fingerprint density at radius 2 is 2.18 bits per heavy atom. The number of rotatable bonds is 2. The lowest BCUT2D eigenvalue weighted by Crippen LogP contribution is -2.34. The van der Waals surface area contributed by atoms with Crippen molar-refractivity contribution in [2.24, 2.45) is 0 Å². The first-order chi connectivity index (χ1) is 10.8. The van der Waals surface area contributed by atoms with E-state index in [1.54, 1.807) is 6.07 Å². The van der Waals surface area contributed by atoms with Gasteiger partial charge in [0, 0.05) is 30.2 Å². The minimum Gasteiger partial charge on any atom is -0.454 e. The number of fused-ring (bicyclic) bond motifs is 1. The summed E-state index contributed by atoms with van der Waals surface area (Å²) < 4.78 is 10.6. The average Bonchev–Trinajstić information content (AvgIpc) is 3.26. The Morgan fingerprint density at radius 3 is 3.05 bits per heavy atom. The molecule has 0 saturated carbocycles. The van der Waals surface area contributed by atoms with E-state index >= 15 is 0 Å². The quantitative estimate of drug-likeness (QED) is 0.895. The number of nitrogens with one attached hydrogen (secondary N) is 2. The minimum atomic E-state index is -0.0871. The van der Waals surface area contributed by atoms with E-state index in [1.165, 1.54) is 0 Å². The molecular formula is C16H17N3O3. The third kappa shape index (κ3) is 2.26. The maximum Gasteiger partial charge on any atom is 0.322 e. The normalized spacial score (nSPS) is 19.5. The van der Waals surface area contributed by atoms with Gasteiger partial charge in [0.15, 0.2) is 11.5 Å². The number of anilines is 1. The second-order valence-corrected chi connectivity index (χ2v) is 5.48. The number of urea groups is 1. The van der Waals surface area contributed by atoms with Crippen LogP contribution in [0.4, 0.5) is 10.5 Å². The Morgan fingerprint density at radius 1 is 1.27 bits per heavy atom. The van der Waals surface area contributed by atoms with Gasteiger partial charge in [-0.1, -0.05) is 0 Å². The molecule has 3 heterocycles. The van der Waals surface area contributed by atoms with E-state index < -0.39 is 0 Å². The minimum absolute atomic E-state index is 0.0871. The van der Waals surface area contributed by atoms with Gasteiger partial charge in [0.1, 0.15) is 0 Å². The number of aromatic amines is 1. The van der Waals surface area contributed by atoms with Crippen molar-refractivity contribution >= 4 is 11.7 Å². The van der Waals surface area contributed by atoms with Gasteiger partial charge in [0.2, 0.25) is 6.79 Å². The molecule has 6 nitrogen and oxygen atoms in total. The van der Waals surface area contributed by atoms with Crippen LogP contribution < -0.4 is 14.8 Å². The summed E-state index contributed by atoms with van der Waals surface area (Å²) in [7, 11) is 0. The standard InChI is InChI=1S/C16H17N3O3/c20-16(18-11-5-6-14-15(9-11)22-10-21-14)19-8-2-4-13(19)12-3-1-7-17-12/h1,3,5-7,9,13,17H,2,4,8,10H2,(H,18,20)/t13-/m1/s1. The van der Waals surface area contributed by atoms with E-state index in [4.69, 9.17) is 9.47 Å². The fraction of sp³-hybridized carbons (Fsp3) is 0.312. The molecule has 114 valence electrons. The first-order valence-corrected chi connectivity index (χ1v) is 7.42. The predicted molar refractivity (Wildman–Crippen MR) is 81.1 cm³/mol. The molecule has 1 fully saturated rings. The van der Waals surface area contributed by atoms with Crippen LogP contribution >= 0.6 is 0 Å². The number of nitrogens with zero attached hydrogens (tertiary/aromatic N) is 1. The molecule has 1 aromatic carbocycles. The highest BCUT2D eigenvalue weighted by Gasteiger charge is 2.30. The summed E-state index contributed by atoms with van der Waals surface area (Å²) >= 11 is 0. The smallest absolute Gasteiger partial charge is 0.322 e. The van der Waals surface area contributed by atoms with Crippen LogP contribution in [0.2, 0.25) is 0 Å². The van der Waals surface area contributed by atoms with E-state index in [0.717, 1.165) is 25.1 Å². The van der Waals surface area contributed by atoms with Crippen molar-refractivity contribution in [2.45, 2.75) is 18.9 Å². The van der Waals surface area contributed by atoms with Crippen LogP contribution in [-0.2, 0) is 0 Å². The highest BCUT2D eigenvalue weighted by molar-refractivity contribution is 5.90. The SMILES string of the molecule is O=C(Nc1ccc2c(c1)OCO2)N1CCC[C@@H]1c1ccc[nH]1. The molecule has 22 heavy (non-hydrogen) atoms. The molecule has 0 radical (unpaired) electrons. The summed E-state index contributed by atoms with van der Waals surface area (Å²) in [5.41, 5.74) is 1.80. The van der Waals surface area contributed by atoms with Gasteiger partial charge in [-0.2, -0.15) is 0 Å². The number of H-pyrrole nitrogens is 1. The van der Waals surface area contributed by atoms with Crippen LogP contribution in [-0.4, -0.2) is 29.3 Å². The molecule has 1 atom stereocenters. The molecule has 0 bridgehead atoms. The van der Waals surface area contributed by atoms with Gasteiger partial charge in [-0.25, -0.2) is 4.79 Å². The van der Waals surface area contributed by atoms with Crippen LogP contribution in [0.25, 0.3) is 0 Å². The summed E-state index contributed by atoms with van der Waals surface area (Å²) in [4.78, 5) is 17.6. The number of carbonyl (C=O) groups is 1. The summed E-state index contributed by atoms with van der Waals surface area (Å²) in [5, 5.41) is 2.94. The molecule has 1 aromatic heterocycles. The zero-order valence-corrected chi connectivity index (χ0v) is 12.0. The monoisotopic (exact) mass is 299 g/mol. The number of hydrogen-bond donors (Lipinski definition) is 2. The van der Waals surface area contributed by atoms with E-state index in [2.05, 4.69) is 10.3 Å². The van der Waals surface area contributed by atoms with Crippen LogP contribution in [0.1, 0.15) is 24.6 Å². The maximum absolute atomic E-state index is 12.5. The molecule has 2 aliphatic heterocycles. The second kappa shape index (κ2) is 5.29. The Hall–Kier alpha value is -2.63. The third-order valence-electron chi connectivity index (χ3n) is 4.12. The van der Waals surface area contributed by atoms with E-state index in [1.807, 2.05) is 35.4 Å². The second-order valence-electron chi connectivity index (χ2n) is 5.48. The fourth-order valence-electron chi connectivity index (χ4n) is 3.05. The maximum atomic E-state index is 12.5. The van der Waals surface area contributed by atoms with Crippen LogP contribution in [0.3, 0.4) is 0 Å². The number of carbonyl (C=O) groups excluding carboxylic acids is 1. The van der Waals surface area contributed by atoms with Gasteiger partial charge in [-0.15, -0.1) is 0 Å². The number of likely N-dealkylation sites (tertiary alicyclic amines) is 1. The first-order valence-electron chi connectivity index (χ1n) is 7.42. The highest BCUT2D eigenvalue weighted by atomic mass is 16.7. The van der Waals surface area contributed by atoms with Crippen molar-refractivity contribution in [3.8, 4) is 11.5 Å². The van der Waals surface area contributed by atoms with Crippen molar-refractivity contribution in [3.63, 3.8) is 0 Å². The van der Waals surface area contributed by atoms with Gasteiger partial charge < -0.3 is 24.7 Å². The molecular weight excluding hydrogens is 282 g/mol. The van der Waals surface area contributed by atoms with Crippen molar-refractivity contribution in [2.75, 3.05) is 18.7 Å². The molecule has 0 spiro atoms. The fourth-order valence-corrected chi connectivity index (χ4v) is 3.05. The molecule has 0 aliphatic carbocycles. The number of ether oxygens (including phenoxy) is 2. The zero-order valence-electron chi connectivity index (χ0n) is 12.0. The first kappa shape index (κ1) is 13.1. The molecule has 6 heteroatoms. The van der Waals surface area contributed by atoms with Gasteiger partial charge in [0.05, 0.1) is 6.04 Å². The molecule has 2 aliphatic rings. The van der Waals surface area contributed by atoms with E-state index in [-0.39, 0.29) is 18.9 Å². The lowest BCUT2D eigenvalue weighted by Gasteiger charge is -2.24. The number of amides is 2. The zero-order chi connectivity index (χ0) is 14.9. The van der Waals surface area contributed by atoms with Crippen LogP contribution in [0.15, 0.2) is 36.5 Å². The average molecular weight is 299 g/mol. The Labute approximate surface area is 128 Å². The lowest BCUT2D eigenvalue weighted by molar-refractivity contribution is 0.174. The topological polar surface area (TPSA) is 66.6 Å². The van der Waals surface area contributed by atoms with Gasteiger partial charge >= 0.3 is 6.03 Å². The Bertz CT molecular complexity index is 684. The summed E-state index contributed by atoms with van der Waals surface area (Å²) in [6.07, 6.45) is 3.88. The number of aromatic nitrogens is 1. The van der Waals surface area contributed by atoms with Gasteiger partial charge in [0.25, 0.3) is 0 Å². The Kier molecular flexibility index (Phi) is 3.14. The van der Waals surface area contributed by atoms with Crippen molar-refractivity contribution < 1.29 is 14.3 Å². The third-order valence-corrected chi connectivity index (χ3v) is 4.12. The molecule has 4 rings (SSSR count). The lowest BCUT2D eigenvalue weighted by atomic mass is 10.1. The van der Waals surface area contributed by atoms with Crippen molar-refractivity contribution in [1.82, 2.24) is 9.88 Å². The van der Waals surface area contributed by atoms with Crippen molar-refractivity contribution in [1.29, 1.82) is 0 Å². The van der Waals surface area contributed by atoms with Crippen LogP contribution in [0.5, 0.6) is 11.5 Å². The Balaban J connectivity index is 1.49. The number of hydrogen-bond acceptors (Lipinski definition) is 3. The molecule has 1 saturated heterocycles. The van der Waals surface area contributed by atoms with Crippen molar-refractivity contribution in [3.05, 3.63) is 42.2 Å². The van der Waals surface area contributed by atoms with Crippen LogP contribution in [0, 0.1) is 0 Å². The van der Waals surface area contributed by atoms with Gasteiger partial charge in [-0.3, -0.25) is 0 Å². The predicted octanol–water partition coefficient (Wildman–Crippen LogP) is 3.11. The highest BCUT2D eigenvalue weighted by Crippen LogP contribution is 2.35.